The van der Waals surface area contributed by atoms with E-state index in [0.29, 0.717) is 11.7 Å². The van der Waals surface area contributed by atoms with E-state index >= 15 is 0 Å². The molecule has 0 bridgehead atoms. The van der Waals surface area contributed by atoms with Crippen LogP contribution < -0.4 is 10.2 Å². The van der Waals surface area contributed by atoms with E-state index in [-0.39, 0.29) is 12.3 Å². The first-order valence-electron chi connectivity index (χ1n) is 9.01. The molecule has 0 aliphatic heterocycles. The number of anilines is 2. The summed E-state index contributed by atoms with van der Waals surface area (Å²) in [6, 6.07) is 7.73. The molecule has 0 unspecified atom stereocenters. The molecule has 0 saturated heterocycles. The number of amides is 1. The lowest BCUT2D eigenvalue weighted by atomic mass is 10.2. The zero-order valence-electron chi connectivity index (χ0n) is 15.8. The molecule has 8 nitrogen and oxygen atoms in total. The molecule has 1 amide bonds. The summed E-state index contributed by atoms with van der Waals surface area (Å²) < 4.78 is 3.41. The number of aryl methyl sites for hydroxylation is 1. The Morgan fingerprint density at radius 2 is 2.15 bits per heavy atom. The Hall–Kier alpha value is -3.16. The third-order valence-electron chi connectivity index (χ3n) is 4.58. The van der Waals surface area contributed by atoms with E-state index in [9.17, 15) is 4.79 Å². The molecule has 0 radical (unpaired) electrons. The first-order valence-corrected chi connectivity index (χ1v) is 9.01. The number of aromatic nitrogens is 5. The second-order valence-electron chi connectivity index (χ2n) is 7.12. The zero-order valence-corrected chi connectivity index (χ0v) is 15.8. The van der Waals surface area contributed by atoms with Crippen LogP contribution in [0.4, 0.5) is 11.6 Å². The van der Waals surface area contributed by atoms with Crippen LogP contribution in [0.3, 0.4) is 0 Å². The Kier molecular flexibility index (Phi) is 4.39. The van der Waals surface area contributed by atoms with Crippen molar-refractivity contribution in [3.8, 4) is 5.82 Å². The standard InChI is InChI=1S/C19H23N7O/c1-24(2)16-5-4-6-17(21-16)26-12-13(11-20-26)9-19(27)22-18-10-15(14-7-8-14)23-25(18)3/h4-6,10-12,14H,7-9H2,1-3H3,(H,22,27). The van der Waals surface area contributed by atoms with Crippen LogP contribution in [0, 0.1) is 0 Å². The smallest absolute Gasteiger partial charge is 0.230 e. The van der Waals surface area contributed by atoms with Gasteiger partial charge in [-0.3, -0.25) is 9.48 Å². The molecule has 0 aromatic carbocycles. The number of carbonyl (C=O) groups is 1. The van der Waals surface area contributed by atoms with Gasteiger partial charge in [0.15, 0.2) is 5.82 Å². The van der Waals surface area contributed by atoms with Gasteiger partial charge in [-0.05, 0) is 30.5 Å². The van der Waals surface area contributed by atoms with Gasteiger partial charge in [-0.25, -0.2) is 9.67 Å². The van der Waals surface area contributed by atoms with Crippen molar-refractivity contribution in [2.75, 3.05) is 24.3 Å². The van der Waals surface area contributed by atoms with Crippen LogP contribution in [-0.2, 0) is 18.3 Å². The summed E-state index contributed by atoms with van der Waals surface area (Å²) in [6.45, 7) is 0. The molecule has 27 heavy (non-hydrogen) atoms. The van der Waals surface area contributed by atoms with Crippen molar-refractivity contribution in [1.29, 1.82) is 0 Å². The number of pyridine rings is 1. The summed E-state index contributed by atoms with van der Waals surface area (Å²) in [5.74, 6) is 2.77. The summed E-state index contributed by atoms with van der Waals surface area (Å²) in [7, 11) is 5.74. The molecule has 1 fully saturated rings. The van der Waals surface area contributed by atoms with E-state index in [0.717, 1.165) is 22.9 Å². The number of hydrogen-bond acceptors (Lipinski definition) is 5. The average Bonchev–Trinajstić information content (AvgIpc) is 3.29. The predicted molar refractivity (Wildman–Crippen MR) is 103 cm³/mol. The maximum Gasteiger partial charge on any atom is 0.230 e. The minimum Gasteiger partial charge on any atom is -0.363 e. The Morgan fingerprint density at radius 1 is 1.33 bits per heavy atom. The Labute approximate surface area is 157 Å². The van der Waals surface area contributed by atoms with Crippen LogP contribution in [0.2, 0.25) is 0 Å². The van der Waals surface area contributed by atoms with E-state index in [4.69, 9.17) is 0 Å². The number of nitrogens with zero attached hydrogens (tertiary/aromatic N) is 6. The molecule has 0 spiro atoms. The highest BCUT2D eigenvalue weighted by Gasteiger charge is 2.27. The summed E-state index contributed by atoms with van der Waals surface area (Å²) in [6.07, 6.45) is 6.15. The van der Waals surface area contributed by atoms with Crippen LogP contribution in [0.5, 0.6) is 0 Å². The highest BCUT2D eigenvalue weighted by Crippen LogP contribution is 2.39. The molecular formula is C19H23N7O. The number of nitrogens with one attached hydrogen (secondary N) is 1. The quantitative estimate of drug-likeness (QED) is 0.724. The highest BCUT2D eigenvalue weighted by molar-refractivity contribution is 5.91. The van der Waals surface area contributed by atoms with Gasteiger partial charge in [0.1, 0.15) is 11.6 Å². The normalized spacial score (nSPS) is 13.6. The van der Waals surface area contributed by atoms with Crippen molar-refractivity contribution >= 4 is 17.5 Å². The molecule has 140 valence electrons. The molecule has 3 heterocycles. The summed E-state index contributed by atoms with van der Waals surface area (Å²) >= 11 is 0. The van der Waals surface area contributed by atoms with Gasteiger partial charge in [-0.1, -0.05) is 6.07 Å². The number of carbonyl (C=O) groups excluding carboxylic acids is 1. The number of hydrogen-bond donors (Lipinski definition) is 1. The minimum atomic E-state index is -0.0881. The Morgan fingerprint density at radius 3 is 2.89 bits per heavy atom. The lowest BCUT2D eigenvalue weighted by Crippen LogP contribution is -2.16. The van der Waals surface area contributed by atoms with Gasteiger partial charge in [0, 0.05) is 39.3 Å². The SMILES string of the molecule is CN(C)c1cccc(-n2cc(CC(=O)Nc3cc(C4CC4)nn3C)cn2)n1. The Bertz CT molecular complexity index is 968. The first-order chi connectivity index (χ1) is 13.0. The van der Waals surface area contributed by atoms with Crippen LogP contribution in [-0.4, -0.2) is 44.5 Å². The average molecular weight is 365 g/mol. The Balaban J connectivity index is 1.43. The first kappa shape index (κ1) is 17.3. The molecule has 0 atom stereocenters. The van der Waals surface area contributed by atoms with Gasteiger partial charge in [-0.2, -0.15) is 10.2 Å². The lowest BCUT2D eigenvalue weighted by molar-refractivity contribution is -0.115. The van der Waals surface area contributed by atoms with Gasteiger partial charge in [0.25, 0.3) is 0 Å². The largest absolute Gasteiger partial charge is 0.363 e. The minimum absolute atomic E-state index is 0.0881. The van der Waals surface area contributed by atoms with Gasteiger partial charge >= 0.3 is 0 Å². The molecule has 4 rings (SSSR count). The maximum absolute atomic E-state index is 12.4. The van der Waals surface area contributed by atoms with Crippen molar-refractivity contribution < 1.29 is 4.79 Å². The maximum atomic E-state index is 12.4. The molecule has 1 N–H and O–H groups in total. The fourth-order valence-electron chi connectivity index (χ4n) is 2.92. The fourth-order valence-corrected chi connectivity index (χ4v) is 2.92. The van der Waals surface area contributed by atoms with E-state index in [2.05, 4.69) is 20.5 Å². The topological polar surface area (TPSA) is 80.9 Å². The van der Waals surface area contributed by atoms with Gasteiger partial charge in [0.2, 0.25) is 5.91 Å². The second-order valence-corrected chi connectivity index (χ2v) is 7.12. The van der Waals surface area contributed by atoms with Crippen LogP contribution in [0.25, 0.3) is 5.82 Å². The molecular weight excluding hydrogens is 342 g/mol. The summed E-state index contributed by atoms with van der Waals surface area (Å²) in [5, 5.41) is 11.7. The highest BCUT2D eigenvalue weighted by atomic mass is 16.1. The van der Waals surface area contributed by atoms with Crippen LogP contribution >= 0.6 is 0 Å². The van der Waals surface area contributed by atoms with Crippen molar-refractivity contribution in [2.45, 2.75) is 25.2 Å². The summed E-state index contributed by atoms with van der Waals surface area (Å²) in [4.78, 5) is 18.9. The van der Waals surface area contributed by atoms with Gasteiger partial charge < -0.3 is 10.2 Å². The van der Waals surface area contributed by atoms with Crippen molar-refractivity contribution in [2.24, 2.45) is 7.05 Å². The third kappa shape index (κ3) is 3.84. The van der Waals surface area contributed by atoms with Crippen LogP contribution in [0.15, 0.2) is 36.7 Å². The summed E-state index contributed by atoms with van der Waals surface area (Å²) in [5.41, 5.74) is 1.89. The second kappa shape index (κ2) is 6.86. The van der Waals surface area contributed by atoms with Crippen LogP contribution in [0.1, 0.15) is 30.0 Å². The fraction of sp³-hybridized carbons (Fsp3) is 0.368. The monoisotopic (exact) mass is 365 g/mol. The van der Waals surface area contributed by atoms with E-state index in [1.165, 1.54) is 12.8 Å². The zero-order chi connectivity index (χ0) is 19.0. The van der Waals surface area contributed by atoms with E-state index in [1.54, 1.807) is 15.6 Å². The van der Waals surface area contributed by atoms with Gasteiger partial charge in [0.05, 0.1) is 18.3 Å². The molecule has 3 aromatic heterocycles. The van der Waals surface area contributed by atoms with E-state index < -0.39 is 0 Å². The number of rotatable bonds is 6. The van der Waals surface area contributed by atoms with Gasteiger partial charge in [-0.15, -0.1) is 0 Å². The van der Waals surface area contributed by atoms with Crippen molar-refractivity contribution in [1.82, 2.24) is 24.5 Å². The lowest BCUT2D eigenvalue weighted by Gasteiger charge is -2.11. The molecule has 8 heteroatoms. The third-order valence-corrected chi connectivity index (χ3v) is 4.58. The van der Waals surface area contributed by atoms with Crippen molar-refractivity contribution in [3.05, 3.63) is 47.9 Å². The molecule has 3 aromatic rings. The predicted octanol–water partition coefficient (Wildman–Crippen LogP) is 2.13. The van der Waals surface area contributed by atoms with Crippen molar-refractivity contribution in [3.63, 3.8) is 0 Å². The van der Waals surface area contributed by atoms with E-state index in [1.807, 2.05) is 56.5 Å². The molecule has 1 aliphatic rings. The molecule has 1 saturated carbocycles. The molecule has 1 aliphatic carbocycles.